The van der Waals surface area contributed by atoms with E-state index < -0.39 is 0 Å². The Morgan fingerprint density at radius 2 is 1.15 bits per heavy atom. The van der Waals surface area contributed by atoms with Crippen LogP contribution in [-0.4, -0.2) is 0 Å². The van der Waals surface area contributed by atoms with Crippen LogP contribution in [0, 0.1) is 0 Å². The lowest BCUT2D eigenvalue weighted by Gasteiger charge is -2.29. The monoisotopic (exact) mass is 635 g/mol. The fourth-order valence-corrected chi connectivity index (χ4v) is 9.21. The average molecular weight is 636 g/mol. The third-order valence-electron chi connectivity index (χ3n) is 10.2. The second-order valence-corrected chi connectivity index (χ2v) is 14.2. The fraction of sp³-hybridized carbons (Fsp3) is 0.130. The van der Waals surface area contributed by atoms with Crippen LogP contribution in [0.5, 0.6) is 0 Å². The normalized spacial score (nSPS) is 13.8. The first-order valence-electron chi connectivity index (χ1n) is 17.3. The number of thiophene rings is 1. The predicted octanol–water partition coefficient (Wildman–Crippen LogP) is 14.1. The van der Waals surface area contributed by atoms with E-state index in [1.807, 2.05) is 11.3 Å². The molecule has 1 aliphatic rings. The first-order chi connectivity index (χ1) is 23.8. The first-order valence-corrected chi connectivity index (χ1v) is 18.1. The van der Waals surface area contributed by atoms with Crippen molar-refractivity contribution in [2.45, 2.75) is 38.0 Å². The van der Waals surface area contributed by atoms with Crippen molar-refractivity contribution in [1.29, 1.82) is 0 Å². The summed E-state index contributed by atoms with van der Waals surface area (Å²) in [4.78, 5) is 2.45. The van der Waals surface area contributed by atoms with Gasteiger partial charge in [-0.1, -0.05) is 135 Å². The Bertz CT molecular complexity index is 2390. The van der Waals surface area contributed by atoms with Crippen molar-refractivity contribution < 1.29 is 0 Å². The molecule has 1 aliphatic carbocycles. The summed E-state index contributed by atoms with van der Waals surface area (Å²) in [6.07, 6.45) is 6.58. The maximum absolute atomic E-state index is 2.45. The van der Waals surface area contributed by atoms with E-state index in [2.05, 4.69) is 163 Å². The maximum Gasteiger partial charge on any atom is 0.0540 e. The Hall–Kier alpha value is -5.18. The van der Waals surface area contributed by atoms with Gasteiger partial charge in [0.1, 0.15) is 0 Å². The SMILES string of the molecule is c1ccc(N(c2cccc(-c3cccc4sc5ccccc5c34)c2)c2ccccc2-c2cccc3cccc(C4CCCCC4)c23)cc1. The van der Waals surface area contributed by atoms with Gasteiger partial charge in [0.2, 0.25) is 0 Å². The second-order valence-electron chi connectivity index (χ2n) is 13.1. The van der Waals surface area contributed by atoms with Crippen LogP contribution in [0.15, 0.2) is 158 Å². The van der Waals surface area contributed by atoms with Gasteiger partial charge in [-0.25, -0.2) is 0 Å². The van der Waals surface area contributed by atoms with Gasteiger partial charge in [-0.05, 0) is 94.3 Å². The molecule has 1 fully saturated rings. The molecule has 2 heteroatoms. The lowest BCUT2D eigenvalue weighted by atomic mass is 9.80. The van der Waals surface area contributed by atoms with Crippen molar-refractivity contribution in [3.05, 3.63) is 163 Å². The zero-order valence-corrected chi connectivity index (χ0v) is 27.8. The number of anilines is 3. The van der Waals surface area contributed by atoms with Crippen LogP contribution in [0.3, 0.4) is 0 Å². The fourth-order valence-electron chi connectivity index (χ4n) is 8.08. The number of rotatable bonds is 6. The van der Waals surface area contributed by atoms with Gasteiger partial charge in [-0.3, -0.25) is 0 Å². The van der Waals surface area contributed by atoms with E-state index in [9.17, 15) is 0 Å². The Morgan fingerprint density at radius 1 is 0.479 bits per heavy atom. The highest BCUT2D eigenvalue weighted by atomic mass is 32.1. The van der Waals surface area contributed by atoms with Crippen molar-refractivity contribution >= 4 is 59.3 Å². The minimum Gasteiger partial charge on any atom is -0.310 e. The van der Waals surface area contributed by atoms with Crippen molar-refractivity contribution in [2.75, 3.05) is 4.90 Å². The molecule has 0 amide bonds. The standard InChI is InChI=1S/C46H37NS/c1-3-15-32(16-4-1)37-25-12-17-33-18-13-27-40(45(33)37)39-23-7-9-28-42(39)47(35-20-5-2-6-21-35)36-22-11-19-34(31-36)38-26-14-30-44-46(38)41-24-8-10-29-43(41)48-44/h2,5-14,17-32H,1,3-4,15-16H2. The molecule has 9 rings (SSSR count). The van der Waals surface area contributed by atoms with Crippen molar-refractivity contribution in [2.24, 2.45) is 0 Å². The summed E-state index contributed by atoms with van der Waals surface area (Å²) in [7, 11) is 0. The number of hydrogen-bond acceptors (Lipinski definition) is 2. The minimum atomic E-state index is 0.619. The van der Waals surface area contributed by atoms with Crippen LogP contribution >= 0.6 is 11.3 Å². The molecule has 0 saturated heterocycles. The van der Waals surface area contributed by atoms with Crippen molar-refractivity contribution in [1.82, 2.24) is 0 Å². The Balaban J connectivity index is 1.25. The highest BCUT2D eigenvalue weighted by molar-refractivity contribution is 7.25. The molecule has 48 heavy (non-hydrogen) atoms. The molecule has 1 aromatic heterocycles. The summed E-state index contributed by atoms with van der Waals surface area (Å²) in [5, 5.41) is 5.41. The zero-order valence-electron chi connectivity index (χ0n) is 27.0. The molecule has 1 heterocycles. The molecule has 0 N–H and O–H groups in total. The Labute approximate surface area is 286 Å². The molecule has 1 saturated carbocycles. The van der Waals surface area contributed by atoms with Gasteiger partial charge < -0.3 is 4.90 Å². The van der Waals surface area contributed by atoms with Gasteiger partial charge in [0.25, 0.3) is 0 Å². The zero-order chi connectivity index (χ0) is 31.9. The maximum atomic E-state index is 2.45. The summed E-state index contributed by atoms with van der Waals surface area (Å²) in [6, 6.07) is 58.3. The number of hydrogen-bond donors (Lipinski definition) is 0. The molecule has 0 atom stereocenters. The van der Waals surface area contributed by atoms with E-state index >= 15 is 0 Å². The summed E-state index contributed by atoms with van der Waals surface area (Å²) in [6.45, 7) is 0. The van der Waals surface area contributed by atoms with Gasteiger partial charge in [0.05, 0.1) is 5.69 Å². The van der Waals surface area contributed by atoms with Gasteiger partial charge in [0, 0.05) is 37.1 Å². The lowest BCUT2D eigenvalue weighted by molar-refractivity contribution is 0.445. The predicted molar refractivity (Wildman–Crippen MR) is 208 cm³/mol. The van der Waals surface area contributed by atoms with Crippen LogP contribution in [0.4, 0.5) is 17.1 Å². The molecule has 0 spiro atoms. The largest absolute Gasteiger partial charge is 0.310 e. The topological polar surface area (TPSA) is 3.24 Å². The quantitative estimate of drug-likeness (QED) is 0.176. The van der Waals surface area contributed by atoms with Crippen molar-refractivity contribution in [3.8, 4) is 22.3 Å². The molecule has 232 valence electrons. The molecule has 7 aromatic carbocycles. The Kier molecular flexibility index (Phi) is 7.52. The third kappa shape index (κ3) is 5.09. The smallest absolute Gasteiger partial charge is 0.0540 e. The van der Waals surface area contributed by atoms with E-state index in [1.54, 1.807) is 0 Å². The third-order valence-corrected chi connectivity index (χ3v) is 11.4. The Morgan fingerprint density at radius 3 is 2.04 bits per heavy atom. The highest BCUT2D eigenvalue weighted by Gasteiger charge is 2.23. The van der Waals surface area contributed by atoms with E-state index in [0.29, 0.717) is 5.92 Å². The summed E-state index contributed by atoms with van der Waals surface area (Å²) < 4.78 is 2.66. The molecular formula is C46H37NS. The summed E-state index contributed by atoms with van der Waals surface area (Å²) in [5.41, 5.74) is 10.1. The number of benzene rings is 7. The molecule has 0 bridgehead atoms. The van der Waals surface area contributed by atoms with E-state index in [-0.39, 0.29) is 0 Å². The van der Waals surface area contributed by atoms with Gasteiger partial charge in [-0.2, -0.15) is 0 Å². The first kappa shape index (κ1) is 29.0. The second kappa shape index (κ2) is 12.4. The van der Waals surface area contributed by atoms with Gasteiger partial charge in [-0.15, -0.1) is 11.3 Å². The highest BCUT2D eigenvalue weighted by Crippen LogP contribution is 2.47. The van der Waals surface area contributed by atoms with Gasteiger partial charge >= 0.3 is 0 Å². The number of para-hydroxylation sites is 2. The summed E-state index contributed by atoms with van der Waals surface area (Å²) >= 11 is 1.88. The molecular weight excluding hydrogens is 599 g/mol. The average Bonchev–Trinajstić information content (AvgIpc) is 3.55. The van der Waals surface area contributed by atoms with E-state index in [0.717, 1.165) is 11.4 Å². The van der Waals surface area contributed by atoms with Crippen molar-refractivity contribution in [3.63, 3.8) is 0 Å². The molecule has 0 radical (unpaired) electrons. The number of fused-ring (bicyclic) bond motifs is 4. The summed E-state index contributed by atoms with van der Waals surface area (Å²) in [5.74, 6) is 0.619. The minimum absolute atomic E-state index is 0.619. The van der Waals surface area contributed by atoms with Crippen LogP contribution in [-0.2, 0) is 0 Å². The van der Waals surface area contributed by atoms with Crippen LogP contribution in [0.25, 0.3) is 53.2 Å². The molecule has 8 aromatic rings. The molecule has 0 aliphatic heterocycles. The lowest BCUT2D eigenvalue weighted by Crippen LogP contribution is -2.11. The van der Waals surface area contributed by atoms with Crippen LogP contribution < -0.4 is 4.90 Å². The van der Waals surface area contributed by atoms with E-state index in [4.69, 9.17) is 0 Å². The molecule has 1 nitrogen and oxygen atoms in total. The van der Waals surface area contributed by atoms with E-state index in [1.165, 1.54) is 96.6 Å². The van der Waals surface area contributed by atoms with Crippen LogP contribution in [0.2, 0.25) is 0 Å². The van der Waals surface area contributed by atoms with Gasteiger partial charge in [0.15, 0.2) is 0 Å². The number of nitrogens with zero attached hydrogens (tertiary/aromatic N) is 1. The van der Waals surface area contributed by atoms with Crippen LogP contribution in [0.1, 0.15) is 43.6 Å². The molecule has 0 unspecified atom stereocenters.